The van der Waals surface area contributed by atoms with Crippen LogP contribution in [0.5, 0.6) is 0 Å². The fourth-order valence-corrected chi connectivity index (χ4v) is 2.42. The molecular formula is C14H24O. The first-order valence-corrected chi connectivity index (χ1v) is 6.21. The van der Waals surface area contributed by atoms with Gasteiger partial charge in [0.1, 0.15) is 5.78 Å². The Bertz CT molecular complexity index is 250. The highest BCUT2D eigenvalue weighted by atomic mass is 16.1. The molecule has 0 bridgehead atoms. The van der Waals surface area contributed by atoms with Crippen LogP contribution < -0.4 is 0 Å². The molecule has 0 saturated heterocycles. The molecule has 0 fully saturated rings. The van der Waals surface area contributed by atoms with E-state index < -0.39 is 0 Å². The van der Waals surface area contributed by atoms with Gasteiger partial charge < -0.3 is 0 Å². The van der Waals surface area contributed by atoms with E-state index in [-0.39, 0.29) is 11.3 Å². The molecule has 0 N–H and O–H groups in total. The molecule has 1 aliphatic carbocycles. The molecule has 0 saturated carbocycles. The van der Waals surface area contributed by atoms with Crippen LogP contribution in [0.2, 0.25) is 0 Å². The van der Waals surface area contributed by atoms with Crippen LogP contribution in [0, 0.1) is 17.3 Å². The summed E-state index contributed by atoms with van der Waals surface area (Å²) in [5, 5.41) is 0. The Morgan fingerprint density at radius 1 is 1.53 bits per heavy atom. The van der Waals surface area contributed by atoms with Gasteiger partial charge in [0.25, 0.3) is 0 Å². The number of allylic oxidation sites excluding steroid dienone is 2. The summed E-state index contributed by atoms with van der Waals surface area (Å²) in [7, 11) is 0. The Morgan fingerprint density at radius 3 is 2.67 bits per heavy atom. The Labute approximate surface area is 93.9 Å². The first kappa shape index (κ1) is 12.5. The predicted octanol–water partition coefficient (Wildman–Crippen LogP) is 3.98. The molecule has 2 atom stereocenters. The zero-order valence-corrected chi connectivity index (χ0v) is 10.5. The van der Waals surface area contributed by atoms with Crippen LogP contribution in [-0.4, -0.2) is 5.78 Å². The van der Waals surface area contributed by atoms with Gasteiger partial charge in [0.15, 0.2) is 0 Å². The highest BCUT2D eigenvalue weighted by Gasteiger charge is 2.37. The quantitative estimate of drug-likeness (QED) is 0.639. The Balaban J connectivity index is 2.76. The highest BCUT2D eigenvalue weighted by molar-refractivity contribution is 5.86. The topological polar surface area (TPSA) is 17.1 Å². The van der Waals surface area contributed by atoms with Gasteiger partial charge in [0.2, 0.25) is 0 Å². The summed E-state index contributed by atoms with van der Waals surface area (Å²) in [6.45, 7) is 8.37. The van der Waals surface area contributed by atoms with Crippen molar-refractivity contribution in [3.05, 3.63) is 12.2 Å². The monoisotopic (exact) mass is 208 g/mol. The molecule has 1 unspecified atom stereocenters. The summed E-state index contributed by atoms with van der Waals surface area (Å²) in [5.74, 6) is 1.09. The van der Waals surface area contributed by atoms with Crippen molar-refractivity contribution < 1.29 is 4.79 Å². The first-order chi connectivity index (χ1) is 7.00. The minimum absolute atomic E-state index is 0.174. The smallest absolute Gasteiger partial charge is 0.141 e. The van der Waals surface area contributed by atoms with Gasteiger partial charge in [-0.2, -0.15) is 0 Å². The molecule has 0 heterocycles. The lowest BCUT2D eigenvalue weighted by Gasteiger charge is -2.34. The standard InChI is InChI=1S/C14H24O/c1-5-11(2)13(15)14(3,4)12-9-7-6-8-10-12/h7,9,11-12H,5-6,8,10H2,1-4H3/t11-,12?/m0/s1. The average Bonchev–Trinajstić information content (AvgIpc) is 2.28. The lowest BCUT2D eigenvalue weighted by molar-refractivity contribution is -0.132. The van der Waals surface area contributed by atoms with Crippen molar-refractivity contribution in [2.45, 2.75) is 53.4 Å². The molecule has 1 heteroatoms. The largest absolute Gasteiger partial charge is 0.299 e. The average molecular weight is 208 g/mol. The molecular weight excluding hydrogens is 184 g/mol. The van der Waals surface area contributed by atoms with E-state index in [2.05, 4.69) is 39.8 Å². The van der Waals surface area contributed by atoms with Gasteiger partial charge in [-0.15, -0.1) is 0 Å². The van der Waals surface area contributed by atoms with Crippen LogP contribution in [0.25, 0.3) is 0 Å². The van der Waals surface area contributed by atoms with Gasteiger partial charge in [-0.05, 0) is 31.6 Å². The molecule has 1 nitrogen and oxygen atoms in total. The normalized spacial score (nSPS) is 23.9. The van der Waals surface area contributed by atoms with E-state index in [0.717, 1.165) is 6.42 Å². The second-order valence-corrected chi connectivity index (χ2v) is 5.36. The predicted molar refractivity (Wildman–Crippen MR) is 64.7 cm³/mol. The van der Waals surface area contributed by atoms with Crippen molar-refractivity contribution in [2.24, 2.45) is 17.3 Å². The summed E-state index contributed by atoms with van der Waals surface area (Å²) in [5.41, 5.74) is -0.174. The zero-order chi connectivity index (χ0) is 11.5. The van der Waals surface area contributed by atoms with Crippen LogP contribution in [0.15, 0.2) is 12.2 Å². The molecule has 86 valence electrons. The minimum atomic E-state index is -0.174. The van der Waals surface area contributed by atoms with Crippen LogP contribution in [0.1, 0.15) is 53.4 Å². The number of ketones is 1. The molecule has 0 aromatic heterocycles. The van der Waals surface area contributed by atoms with Gasteiger partial charge in [-0.1, -0.05) is 39.8 Å². The third kappa shape index (κ3) is 2.70. The fraction of sp³-hybridized carbons (Fsp3) is 0.786. The maximum absolute atomic E-state index is 12.3. The molecule has 0 aromatic rings. The van der Waals surface area contributed by atoms with E-state index in [1.54, 1.807) is 0 Å². The third-order valence-electron chi connectivity index (χ3n) is 3.88. The number of Topliss-reactive ketones (excluding diaryl/α,β-unsaturated/α-hetero) is 1. The summed E-state index contributed by atoms with van der Waals surface area (Å²) in [6, 6.07) is 0. The number of carbonyl (C=O) groups excluding carboxylic acids is 1. The SMILES string of the molecule is CC[C@H](C)C(=O)C(C)(C)C1C=CCCC1. The van der Waals surface area contributed by atoms with E-state index in [9.17, 15) is 4.79 Å². The second-order valence-electron chi connectivity index (χ2n) is 5.36. The lowest BCUT2D eigenvalue weighted by Crippen LogP contribution is -2.36. The lowest BCUT2D eigenvalue weighted by atomic mass is 9.68. The van der Waals surface area contributed by atoms with Crippen molar-refractivity contribution in [3.8, 4) is 0 Å². The molecule has 1 rings (SSSR count). The summed E-state index contributed by atoms with van der Waals surface area (Å²) in [6.07, 6.45) is 9.04. The number of hydrogen-bond donors (Lipinski definition) is 0. The molecule has 15 heavy (non-hydrogen) atoms. The zero-order valence-electron chi connectivity index (χ0n) is 10.5. The molecule has 1 aliphatic rings. The van der Waals surface area contributed by atoms with E-state index in [4.69, 9.17) is 0 Å². The summed E-state index contributed by atoms with van der Waals surface area (Å²) < 4.78 is 0. The Morgan fingerprint density at radius 2 is 2.20 bits per heavy atom. The molecule has 0 spiro atoms. The number of hydrogen-bond acceptors (Lipinski definition) is 1. The Kier molecular flexibility index (Phi) is 4.12. The molecule has 0 radical (unpaired) electrons. The van der Waals surface area contributed by atoms with Crippen LogP contribution >= 0.6 is 0 Å². The third-order valence-corrected chi connectivity index (χ3v) is 3.88. The summed E-state index contributed by atoms with van der Waals surface area (Å²) >= 11 is 0. The Hall–Kier alpha value is -0.590. The maximum Gasteiger partial charge on any atom is 0.141 e. The fourth-order valence-electron chi connectivity index (χ4n) is 2.42. The van der Waals surface area contributed by atoms with Gasteiger partial charge in [0, 0.05) is 11.3 Å². The van der Waals surface area contributed by atoms with Crippen molar-refractivity contribution in [1.82, 2.24) is 0 Å². The van der Waals surface area contributed by atoms with Gasteiger partial charge >= 0.3 is 0 Å². The van der Waals surface area contributed by atoms with Crippen molar-refractivity contribution in [1.29, 1.82) is 0 Å². The van der Waals surface area contributed by atoms with E-state index in [0.29, 0.717) is 11.7 Å². The second kappa shape index (κ2) is 4.96. The van der Waals surface area contributed by atoms with Gasteiger partial charge in [-0.25, -0.2) is 0 Å². The van der Waals surface area contributed by atoms with E-state index in [1.807, 2.05) is 0 Å². The van der Waals surface area contributed by atoms with Crippen molar-refractivity contribution in [2.75, 3.05) is 0 Å². The van der Waals surface area contributed by atoms with Gasteiger partial charge in [-0.3, -0.25) is 4.79 Å². The highest BCUT2D eigenvalue weighted by Crippen LogP contribution is 2.37. The van der Waals surface area contributed by atoms with Gasteiger partial charge in [0.05, 0.1) is 0 Å². The molecule has 0 amide bonds. The van der Waals surface area contributed by atoms with E-state index in [1.165, 1.54) is 19.3 Å². The molecule has 0 aliphatic heterocycles. The van der Waals surface area contributed by atoms with Crippen molar-refractivity contribution >= 4 is 5.78 Å². The maximum atomic E-state index is 12.3. The summed E-state index contributed by atoms with van der Waals surface area (Å²) in [4.78, 5) is 12.3. The minimum Gasteiger partial charge on any atom is -0.299 e. The molecule has 0 aromatic carbocycles. The van der Waals surface area contributed by atoms with E-state index >= 15 is 0 Å². The number of carbonyl (C=O) groups is 1. The van der Waals surface area contributed by atoms with Crippen LogP contribution in [-0.2, 0) is 4.79 Å². The van der Waals surface area contributed by atoms with Crippen LogP contribution in [0.4, 0.5) is 0 Å². The first-order valence-electron chi connectivity index (χ1n) is 6.21. The van der Waals surface area contributed by atoms with Crippen LogP contribution in [0.3, 0.4) is 0 Å². The number of rotatable bonds is 4. The van der Waals surface area contributed by atoms with Crippen molar-refractivity contribution in [3.63, 3.8) is 0 Å².